The van der Waals surface area contributed by atoms with Gasteiger partial charge < -0.3 is 10.2 Å². The predicted molar refractivity (Wildman–Crippen MR) is 124 cm³/mol. The lowest BCUT2D eigenvalue weighted by Gasteiger charge is -2.31. The van der Waals surface area contributed by atoms with Crippen molar-refractivity contribution >= 4 is 39.8 Å². The molecule has 1 amide bonds. The number of aromatic nitrogens is 1. The first-order chi connectivity index (χ1) is 15.8. The van der Waals surface area contributed by atoms with Gasteiger partial charge in [-0.2, -0.15) is 13.2 Å². The van der Waals surface area contributed by atoms with Gasteiger partial charge >= 0.3 is 6.18 Å². The second-order valence-corrected chi connectivity index (χ2v) is 9.10. The van der Waals surface area contributed by atoms with E-state index in [0.29, 0.717) is 33.6 Å². The van der Waals surface area contributed by atoms with E-state index < -0.39 is 17.6 Å². The first-order valence-corrected chi connectivity index (χ1v) is 11.6. The summed E-state index contributed by atoms with van der Waals surface area (Å²) in [4.78, 5) is 20.3. The van der Waals surface area contributed by atoms with Crippen molar-refractivity contribution in [1.82, 2.24) is 4.98 Å². The number of pyridine rings is 1. The number of alkyl halides is 3. The molecule has 1 aliphatic carbocycles. The van der Waals surface area contributed by atoms with Crippen LogP contribution in [0.3, 0.4) is 0 Å². The molecule has 33 heavy (non-hydrogen) atoms. The van der Waals surface area contributed by atoms with E-state index in [1.165, 1.54) is 6.07 Å². The number of carbonyl (C=O) groups is 1. The van der Waals surface area contributed by atoms with E-state index in [1.54, 1.807) is 18.2 Å². The molecule has 0 atom stereocenters. The molecular formula is C25H23ClF3N3O. The number of aryl methyl sites for hydroxylation is 1. The molecule has 5 rings (SSSR count). The van der Waals surface area contributed by atoms with Crippen LogP contribution in [0.2, 0.25) is 5.02 Å². The standard InChI is InChI=1S/C25H23ClF3N3O/c26-16-8-9-20-18(14-16)23(17-5-4-6-19(17)30-20)24(33)31-21-13-15(25(27,28)29)7-10-22(21)32-11-2-1-3-12-32/h7-10,13-14H,1-6,11-12H2,(H,31,33). The zero-order chi connectivity index (χ0) is 23.2. The number of nitrogens with one attached hydrogen (secondary N) is 1. The number of piperidine rings is 1. The van der Waals surface area contributed by atoms with Crippen LogP contribution in [0.15, 0.2) is 36.4 Å². The van der Waals surface area contributed by atoms with Gasteiger partial charge in [-0.05, 0) is 80.5 Å². The molecule has 3 aromatic rings. The number of hydrogen-bond acceptors (Lipinski definition) is 3. The molecule has 1 N–H and O–H groups in total. The topological polar surface area (TPSA) is 45.2 Å². The molecule has 1 saturated heterocycles. The average Bonchev–Trinajstić information content (AvgIpc) is 3.25. The van der Waals surface area contributed by atoms with Gasteiger partial charge in [0.15, 0.2) is 0 Å². The highest BCUT2D eigenvalue weighted by atomic mass is 35.5. The van der Waals surface area contributed by atoms with E-state index in [0.717, 1.165) is 68.6 Å². The van der Waals surface area contributed by atoms with Crippen molar-refractivity contribution in [3.63, 3.8) is 0 Å². The van der Waals surface area contributed by atoms with Gasteiger partial charge in [-0.3, -0.25) is 9.78 Å². The Bertz CT molecular complexity index is 1240. The van der Waals surface area contributed by atoms with Crippen LogP contribution in [-0.4, -0.2) is 24.0 Å². The Balaban J connectivity index is 1.60. The Kier molecular flexibility index (Phi) is 5.69. The molecule has 1 fully saturated rings. The van der Waals surface area contributed by atoms with Crippen molar-refractivity contribution in [3.8, 4) is 0 Å². The summed E-state index contributed by atoms with van der Waals surface area (Å²) >= 11 is 6.21. The molecule has 4 nitrogen and oxygen atoms in total. The van der Waals surface area contributed by atoms with Crippen LogP contribution in [-0.2, 0) is 19.0 Å². The molecule has 1 aliphatic heterocycles. The number of halogens is 4. The number of nitrogens with zero attached hydrogens (tertiary/aromatic N) is 2. The van der Waals surface area contributed by atoms with Crippen LogP contribution < -0.4 is 10.2 Å². The van der Waals surface area contributed by atoms with Crippen LogP contribution in [0.25, 0.3) is 10.9 Å². The molecule has 1 aromatic heterocycles. The Labute approximate surface area is 194 Å². The lowest BCUT2D eigenvalue weighted by Crippen LogP contribution is -2.30. The minimum Gasteiger partial charge on any atom is -0.370 e. The average molecular weight is 474 g/mol. The molecule has 172 valence electrons. The van der Waals surface area contributed by atoms with Crippen LogP contribution in [0, 0.1) is 0 Å². The fourth-order valence-electron chi connectivity index (χ4n) is 4.90. The summed E-state index contributed by atoms with van der Waals surface area (Å²) < 4.78 is 40.5. The summed E-state index contributed by atoms with van der Waals surface area (Å²) in [6.45, 7) is 1.49. The van der Waals surface area contributed by atoms with Gasteiger partial charge in [-0.25, -0.2) is 0 Å². The summed E-state index contributed by atoms with van der Waals surface area (Å²) in [6.07, 6.45) is 0.888. The zero-order valence-corrected chi connectivity index (χ0v) is 18.7. The highest BCUT2D eigenvalue weighted by molar-refractivity contribution is 6.31. The molecule has 0 spiro atoms. The monoisotopic (exact) mass is 473 g/mol. The minimum absolute atomic E-state index is 0.176. The third-order valence-corrected chi connectivity index (χ3v) is 6.70. The normalized spacial score (nSPS) is 16.2. The summed E-state index contributed by atoms with van der Waals surface area (Å²) in [6, 6.07) is 8.79. The summed E-state index contributed by atoms with van der Waals surface area (Å²) in [5.41, 5.74) is 2.84. The van der Waals surface area contributed by atoms with E-state index in [-0.39, 0.29) is 5.69 Å². The lowest BCUT2D eigenvalue weighted by molar-refractivity contribution is -0.137. The fourth-order valence-corrected chi connectivity index (χ4v) is 5.07. The van der Waals surface area contributed by atoms with Gasteiger partial charge in [-0.15, -0.1) is 0 Å². The molecule has 2 aromatic carbocycles. The first-order valence-electron chi connectivity index (χ1n) is 11.2. The maximum Gasteiger partial charge on any atom is 0.416 e. The highest BCUT2D eigenvalue weighted by Crippen LogP contribution is 2.38. The number of fused-ring (bicyclic) bond motifs is 2. The van der Waals surface area contributed by atoms with Crippen molar-refractivity contribution < 1.29 is 18.0 Å². The van der Waals surface area contributed by atoms with Gasteiger partial charge in [-0.1, -0.05) is 11.6 Å². The van der Waals surface area contributed by atoms with Crippen molar-refractivity contribution in [3.05, 3.63) is 63.8 Å². The molecule has 8 heteroatoms. The Morgan fingerprint density at radius 1 is 1.00 bits per heavy atom. The van der Waals surface area contributed by atoms with E-state index in [2.05, 4.69) is 10.3 Å². The fraction of sp³-hybridized carbons (Fsp3) is 0.360. The number of anilines is 2. The van der Waals surface area contributed by atoms with E-state index in [4.69, 9.17) is 11.6 Å². The van der Waals surface area contributed by atoms with Crippen LogP contribution in [0.4, 0.5) is 24.5 Å². The Morgan fingerprint density at radius 2 is 1.79 bits per heavy atom. The summed E-state index contributed by atoms with van der Waals surface area (Å²) in [5.74, 6) is -0.430. The van der Waals surface area contributed by atoms with Gasteiger partial charge in [0, 0.05) is 29.2 Å². The van der Waals surface area contributed by atoms with Crippen molar-refractivity contribution in [2.45, 2.75) is 44.7 Å². The highest BCUT2D eigenvalue weighted by Gasteiger charge is 2.32. The summed E-state index contributed by atoms with van der Waals surface area (Å²) in [5, 5.41) is 3.92. The molecular weight excluding hydrogens is 451 g/mol. The third kappa shape index (κ3) is 4.26. The molecule has 2 aliphatic rings. The van der Waals surface area contributed by atoms with E-state index >= 15 is 0 Å². The van der Waals surface area contributed by atoms with Crippen molar-refractivity contribution in [2.24, 2.45) is 0 Å². The Hall–Kier alpha value is -2.80. The maximum atomic E-state index is 13.6. The quantitative estimate of drug-likeness (QED) is 0.464. The SMILES string of the molecule is O=C(Nc1cc(C(F)(F)F)ccc1N1CCCCC1)c1c2c(nc3ccc(Cl)cc13)CCC2. The maximum absolute atomic E-state index is 13.6. The molecule has 2 heterocycles. The van der Waals surface area contributed by atoms with Crippen LogP contribution in [0.1, 0.15) is 52.9 Å². The largest absolute Gasteiger partial charge is 0.416 e. The van der Waals surface area contributed by atoms with Crippen molar-refractivity contribution in [2.75, 3.05) is 23.3 Å². The number of benzene rings is 2. The molecule has 0 unspecified atom stereocenters. The third-order valence-electron chi connectivity index (χ3n) is 6.47. The van der Waals surface area contributed by atoms with Crippen LogP contribution >= 0.6 is 11.6 Å². The predicted octanol–water partition coefficient (Wildman–Crippen LogP) is 6.64. The molecule has 0 bridgehead atoms. The first kappa shape index (κ1) is 22.0. The zero-order valence-electron chi connectivity index (χ0n) is 17.9. The number of hydrogen-bond donors (Lipinski definition) is 1. The number of amides is 1. The minimum atomic E-state index is -4.50. The molecule has 0 radical (unpaired) electrons. The lowest BCUT2D eigenvalue weighted by atomic mass is 10.00. The van der Waals surface area contributed by atoms with E-state index in [9.17, 15) is 18.0 Å². The Morgan fingerprint density at radius 3 is 2.55 bits per heavy atom. The second kappa shape index (κ2) is 8.52. The number of carbonyl (C=O) groups excluding carboxylic acids is 1. The smallest absolute Gasteiger partial charge is 0.370 e. The van der Waals surface area contributed by atoms with Gasteiger partial charge in [0.05, 0.1) is 28.0 Å². The van der Waals surface area contributed by atoms with Crippen molar-refractivity contribution in [1.29, 1.82) is 0 Å². The summed E-state index contributed by atoms with van der Waals surface area (Å²) in [7, 11) is 0. The second-order valence-electron chi connectivity index (χ2n) is 8.66. The van der Waals surface area contributed by atoms with Gasteiger partial charge in [0.1, 0.15) is 0 Å². The number of rotatable bonds is 3. The van der Waals surface area contributed by atoms with Gasteiger partial charge in [0.2, 0.25) is 0 Å². The van der Waals surface area contributed by atoms with Gasteiger partial charge in [0.25, 0.3) is 5.91 Å². The van der Waals surface area contributed by atoms with Crippen LogP contribution in [0.5, 0.6) is 0 Å². The molecule has 0 saturated carbocycles. The van der Waals surface area contributed by atoms with E-state index in [1.807, 2.05) is 4.90 Å².